The summed E-state index contributed by atoms with van der Waals surface area (Å²) < 4.78 is 68.5. The Morgan fingerprint density at radius 2 is 1.86 bits per heavy atom. The number of halogens is 5. The molecule has 0 aromatic rings. The molecule has 1 aliphatic carbocycles. The minimum atomic E-state index is -5.27. The van der Waals surface area contributed by atoms with E-state index >= 15 is 0 Å². The Hall–Kier alpha value is -2.98. The van der Waals surface area contributed by atoms with E-state index in [2.05, 4.69) is 10.6 Å². The third-order valence-electron chi connectivity index (χ3n) is 7.18. The van der Waals surface area contributed by atoms with Gasteiger partial charge in [0, 0.05) is 24.9 Å². The highest BCUT2D eigenvalue weighted by atomic mass is 19.4. The van der Waals surface area contributed by atoms with Crippen LogP contribution in [0.25, 0.3) is 0 Å². The fraction of sp³-hybridized carbons (Fsp3) is 0.783. The SMILES string of the molecule is CC(C)C[C@H](NC(=O)C(F)(F)F)C(=O)N1[C@@H]2CC[C@H]([C@@H]1C(=O)N[C@@H](C#N)C[C@@H]1CCNC1=O)C(F)(F)C2. The topological polar surface area (TPSA) is 131 Å². The summed E-state index contributed by atoms with van der Waals surface area (Å²) in [7, 11) is 0. The zero-order valence-electron chi connectivity index (χ0n) is 20.4. The Labute approximate surface area is 210 Å². The van der Waals surface area contributed by atoms with Crippen molar-refractivity contribution in [1.82, 2.24) is 20.9 Å². The second-order valence-corrected chi connectivity index (χ2v) is 10.3. The molecular weight excluding hydrogens is 505 g/mol. The van der Waals surface area contributed by atoms with Gasteiger partial charge in [0.2, 0.25) is 17.7 Å². The lowest BCUT2D eigenvalue weighted by Gasteiger charge is -2.54. The predicted molar refractivity (Wildman–Crippen MR) is 117 cm³/mol. The summed E-state index contributed by atoms with van der Waals surface area (Å²) >= 11 is 0. The van der Waals surface area contributed by atoms with E-state index in [9.17, 15) is 46.4 Å². The van der Waals surface area contributed by atoms with Crippen molar-refractivity contribution >= 4 is 23.6 Å². The highest BCUT2D eigenvalue weighted by Crippen LogP contribution is 2.49. The maximum Gasteiger partial charge on any atom is 0.471 e. The molecule has 2 bridgehead atoms. The number of carbonyl (C=O) groups excluding carboxylic acids is 4. The Morgan fingerprint density at radius 3 is 2.38 bits per heavy atom. The number of hydrogen-bond acceptors (Lipinski definition) is 5. The van der Waals surface area contributed by atoms with Crippen molar-refractivity contribution in [2.24, 2.45) is 17.8 Å². The molecule has 4 rings (SSSR count). The molecule has 0 radical (unpaired) electrons. The number of rotatable bonds is 8. The lowest BCUT2D eigenvalue weighted by molar-refractivity contribution is -0.196. The lowest BCUT2D eigenvalue weighted by Crippen LogP contribution is -2.71. The molecule has 3 N–H and O–H groups in total. The van der Waals surface area contributed by atoms with Crippen LogP contribution in [0.3, 0.4) is 0 Å². The van der Waals surface area contributed by atoms with E-state index < -0.39 is 72.2 Å². The third-order valence-corrected chi connectivity index (χ3v) is 7.18. The van der Waals surface area contributed by atoms with Crippen molar-refractivity contribution in [2.45, 2.75) is 88.6 Å². The third kappa shape index (κ3) is 6.30. The van der Waals surface area contributed by atoms with E-state index in [1.165, 1.54) is 0 Å². The number of alkyl halides is 5. The molecule has 4 fully saturated rings. The van der Waals surface area contributed by atoms with Gasteiger partial charge in [0.05, 0.1) is 12.0 Å². The molecule has 0 spiro atoms. The number of nitrogens with zero attached hydrogens (tertiary/aromatic N) is 2. The number of fused-ring (bicyclic) bond motifs is 3. The average Bonchev–Trinajstić information content (AvgIpc) is 3.19. The number of piperidine rings is 2. The molecule has 1 saturated carbocycles. The minimum Gasteiger partial charge on any atom is -0.356 e. The van der Waals surface area contributed by atoms with Gasteiger partial charge in [-0.2, -0.15) is 18.4 Å². The molecule has 37 heavy (non-hydrogen) atoms. The molecule has 3 aliphatic heterocycles. The zero-order chi connectivity index (χ0) is 27.7. The molecule has 14 heteroatoms. The molecule has 206 valence electrons. The highest BCUT2D eigenvalue weighted by Gasteiger charge is 2.61. The molecule has 0 aromatic heterocycles. The number of carbonyl (C=O) groups is 4. The van der Waals surface area contributed by atoms with Gasteiger partial charge in [0.1, 0.15) is 18.1 Å². The van der Waals surface area contributed by atoms with Gasteiger partial charge in [-0.05, 0) is 38.0 Å². The van der Waals surface area contributed by atoms with Crippen LogP contribution in [-0.2, 0) is 19.2 Å². The quantitative estimate of drug-likeness (QED) is 0.407. The van der Waals surface area contributed by atoms with Gasteiger partial charge in [-0.25, -0.2) is 8.78 Å². The largest absolute Gasteiger partial charge is 0.471 e. The van der Waals surface area contributed by atoms with Gasteiger partial charge in [-0.3, -0.25) is 19.2 Å². The maximum absolute atomic E-state index is 14.9. The van der Waals surface area contributed by atoms with Gasteiger partial charge in [-0.15, -0.1) is 0 Å². The Kier molecular flexibility index (Phi) is 8.34. The summed E-state index contributed by atoms with van der Waals surface area (Å²) in [6, 6.07) is -3.94. The van der Waals surface area contributed by atoms with E-state index in [0.717, 1.165) is 4.90 Å². The van der Waals surface area contributed by atoms with Crippen molar-refractivity contribution in [3.05, 3.63) is 0 Å². The molecule has 9 nitrogen and oxygen atoms in total. The van der Waals surface area contributed by atoms with E-state index in [0.29, 0.717) is 13.0 Å². The van der Waals surface area contributed by atoms with E-state index in [1.54, 1.807) is 19.2 Å². The first-order valence-electron chi connectivity index (χ1n) is 12.2. The summed E-state index contributed by atoms with van der Waals surface area (Å²) in [6.07, 6.45) is -5.87. The average molecular weight is 536 g/mol. The molecule has 4 amide bonds. The summed E-state index contributed by atoms with van der Waals surface area (Å²) in [6.45, 7) is 3.62. The monoisotopic (exact) mass is 535 g/mol. The standard InChI is InChI=1S/C23H30F5N5O4/c1-11(2)7-16(32-21(37)23(26,27)28)20(36)33-14-3-4-15(22(24,25)9-14)17(33)19(35)31-13(10-29)8-12-5-6-30-18(12)34/h11-17H,3-9H2,1-2H3,(H,30,34)(H,31,35)(H,32,37)/t12-,13+,14+,15+,16-,17+/m0/s1. The summed E-state index contributed by atoms with van der Waals surface area (Å²) in [4.78, 5) is 51.1. The molecule has 4 aliphatic rings. The first-order chi connectivity index (χ1) is 17.2. The smallest absolute Gasteiger partial charge is 0.356 e. The molecule has 3 heterocycles. The zero-order valence-corrected chi connectivity index (χ0v) is 20.4. The molecule has 0 unspecified atom stereocenters. The first-order valence-corrected chi connectivity index (χ1v) is 12.2. The summed E-state index contributed by atoms with van der Waals surface area (Å²) in [5.74, 6) is -10.6. The van der Waals surface area contributed by atoms with Crippen LogP contribution in [0, 0.1) is 29.1 Å². The van der Waals surface area contributed by atoms with Gasteiger partial charge < -0.3 is 20.9 Å². The predicted octanol–water partition coefficient (Wildman–Crippen LogP) is 1.63. The van der Waals surface area contributed by atoms with E-state index in [4.69, 9.17) is 0 Å². The van der Waals surface area contributed by atoms with Crippen LogP contribution in [0.15, 0.2) is 0 Å². The Balaban J connectivity index is 1.87. The second-order valence-electron chi connectivity index (χ2n) is 10.3. The number of nitrogens with one attached hydrogen (secondary N) is 3. The van der Waals surface area contributed by atoms with Gasteiger partial charge in [0.15, 0.2) is 0 Å². The number of amides is 4. The lowest BCUT2D eigenvalue weighted by atomic mass is 9.71. The molecule has 6 atom stereocenters. The van der Waals surface area contributed by atoms with Crippen LogP contribution in [0.1, 0.15) is 52.4 Å². The van der Waals surface area contributed by atoms with Crippen LogP contribution in [0.2, 0.25) is 0 Å². The van der Waals surface area contributed by atoms with Crippen molar-refractivity contribution < 1.29 is 41.1 Å². The van der Waals surface area contributed by atoms with Crippen molar-refractivity contribution in [3.8, 4) is 6.07 Å². The van der Waals surface area contributed by atoms with Crippen molar-refractivity contribution in [3.63, 3.8) is 0 Å². The van der Waals surface area contributed by atoms with Gasteiger partial charge >= 0.3 is 12.1 Å². The van der Waals surface area contributed by atoms with Crippen LogP contribution in [-0.4, -0.2) is 71.3 Å². The van der Waals surface area contributed by atoms with Crippen LogP contribution >= 0.6 is 0 Å². The fourth-order valence-corrected chi connectivity index (χ4v) is 5.49. The van der Waals surface area contributed by atoms with E-state index in [1.807, 2.05) is 6.07 Å². The summed E-state index contributed by atoms with van der Waals surface area (Å²) in [5, 5.41) is 16.1. The first kappa shape index (κ1) is 28.6. The highest BCUT2D eigenvalue weighted by molar-refractivity contribution is 5.94. The fourth-order valence-electron chi connectivity index (χ4n) is 5.49. The normalized spacial score (nSPS) is 28.3. The van der Waals surface area contributed by atoms with Gasteiger partial charge in [-0.1, -0.05) is 13.8 Å². The number of nitriles is 1. The Bertz CT molecular complexity index is 966. The van der Waals surface area contributed by atoms with Gasteiger partial charge in [0.25, 0.3) is 5.92 Å². The molecule has 3 saturated heterocycles. The van der Waals surface area contributed by atoms with Crippen molar-refractivity contribution in [2.75, 3.05) is 6.54 Å². The van der Waals surface area contributed by atoms with Crippen LogP contribution in [0.5, 0.6) is 0 Å². The second kappa shape index (κ2) is 10.8. The molecular formula is C23H30F5N5O4. The molecule has 0 aromatic carbocycles. The maximum atomic E-state index is 14.9. The van der Waals surface area contributed by atoms with Crippen LogP contribution < -0.4 is 16.0 Å². The van der Waals surface area contributed by atoms with E-state index in [-0.39, 0.29) is 37.5 Å². The van der Waals surface area contributed by atoms with Crippen molar-refractivity contribution in [1.29, 1.82) is 5.26 Å². The summed E-state index contributed by atoms with van der Waals surface area (Å²) in [5.41, 5.74) is 0. The minimum absolute atomic E-state index is 0.0587. The number of hydrogen-bond donors (Lipinski definition) is 3. The Morgan fingerprint density at radius 1 is 1.19 bits per heavy atom. The van der Waals surface area contributed by atoms with Crippen LogP contribution in [0.4, 0.5) is 22.0 Å².